The number of amides is 1. The van der Waals surface area contributed by atoms with Gasteiger partial charge in [0.2, 0.25) is 5.91 Å². The van der Waals surface area contributed by atoms with Crippen molar-refractivity contribution in [3.8, 4) is 5.75 Å². The Morgan fingerprint density at radius 3 is 2.65 bits per heavy atom. The standard InChI is InChI=1S/C22H28FN5O2.HI/c1-16(30-20-6-4-3-5-19(20)23)13-26-22(24-2)27-14-17-7-9-18(10-8-17)28-12-11-25-21(29)15-28;/h3-10,16H,11-15H2,1-2H3,(H,25,29)(H2,24,26,27);1H. The lowest BCUT2D eigenvalue weighted by atomic mass is 10.2. The molecule has 2 aromatic rings. The second-order valence-corrected chi connectivity index (χ2v) is 7.10. The Morgan fingerprint density at radius 1 is 1.23 bits per heavy atom. The van der Waals surface area contributed by atoms with Crippen molar-refractivity contribution in [1.29, 1.82) is 0 Å². The van der Waals surface area contributed by atoms with Gasteiger partial charge in [0.15, 0.2) is 17.5 Å². The number of carbonyl (C=O) groups excluding carboxylic acids is 1. The summed E-state index contributed by atoms with van der Waals surface area (Å²) in [5.74, 6) is 0.548. The normalized spacial score (nSPS) is 14.9. The van der Waals surface area contributed by atoms with E-state index in [1.54, 1.807) is 25.2 Å². The van der Waals surface area contributed by atoms with Crippen LogP contribution < -0.4 is 25.6 Å². The van der Waals surface area contributed by atoms with Crippen LogP contribution in [0.1, 0.15) is 12.5 Å². The molecule has 31 heavy (non-hydrogen) atoms. The van der Waals surface area contributed by atoms with E-state index in [2.05, 4.69) is 25.8 Å². The van der Waals surface area contributed by atoms with E-state index >= 15 is 0 Å². The van der Waals surface area contributed by atoms with Crippen LogP contribution in [0.3, 0.4) is 0 Å². The second-order valence-electron chi connectivity index (χ2n) is 7.10. The van der Waals surface area contributed by atoms with E-state index in [1.165, 1.54) is 6.07 Å². The maximum Gasteiger partial charge on any atom is 0.239 e. The Hall–Kier alpha value is -2.56. The summed E-state index contributed by atoms with van der Waals surface area (Å²) in [5, 5.41) is 9.27. The molecule has 1 amide bonds. The van der Waals surface area contributed by atoms with Crippen LogP contribution in [0.2, 0.25) is 0 Å². The number of piperazine rings is 1. The Bertz CT molecular complexity index is 878. The van der Waals surface area contributed by atoms with E-state index in [0.29, 0.717) is 32.1 Å². The third-order valence-corrected chi connectivity index (χ3v) is 4.75. The predicted molar refractivity (Wildman–Crippen MR) is 132 cm³/mol. The first-order valence-electron chi connectivity index (χ1n) is 10.0. The van der Waals surface area contributed by atoms with Gasteiger partial charge < -0.3 is 25.6 Å². The summed E-state index contributed by atoms with van der Waals surface area (Å²) in [7, 11) is 1.70. The summed E-state index contributed by atoms with van der Waals surface area (Å²) in [6, 6.07) is 14.5. The first kappa shape index (κ1) is 24.7. The number of hydrogen-bond acceptors (Lipinski definition) is 4. The minimum absolute atomic E-state index is 0. The van der Waals surface area contributed by atoms with Gasteiger partial charge in [-0.25, -0.2) is 4.39 Å². The largest absolute Gasteiger partial charge is 0.486 e. The number of rotatable bonds is 7. The van der Waals surface area contributed by atoms with Gasteiger partial charge in [-0.2, -0.15) is 0 Å². The lowest BCUT2D eigenvalue weighted by Gasteiger charge is -2.28. The van der Waals surface area contributed by atoms with Gasteiger partial charge in [0.1, 0.15) is 6.10 Å². The Kier molecular flexibility index (Phi) is 9.83. The molecule has 0 aliphatic carbocycles. The molecule has 3 N–H and O–H groups in total. The number of ether oxygens (including phenoxy) is 1. The number of nitrogens with zero attached hydrogens (tertiary/aromatic N) is 2. The predicted octanol–water partition coefficient (Wildman–Crippen LogP) is 2.51. The Labute approximate surface area is 199 Å². The van der Waals surface area contributed by atoms with Gasteiger partial charge in [0, 0.05) is 32.4 Å². The van der Waals surface area contributed by atoms with Crippen LogP contribution in [0.25, 0.3) is 0 Å². The molecule has 168 valence electrons. The minimum atomic E-state index is -0.375. The molecule has 1 aliphatic rings. The first-order chi connectivity index (χ1) is 14.5. The zero-order valence-electron chi connectivity index (χ0n) is 17.7. The molecule has 0 spiro atoms. The molecular weight excluding hydrogens is 512 g/mol. The summed E-state index contributed by atoms with van der Waals surface area (Å²) in [6.45, 7) is 4.82. The van der Waals surface area contributed by atoms with Gasteiger partial charge in [-0.15, -0.1) is 24.0 Å². The maximum absolute atomic E-state index is 13.7. The van der Waals surface area contributed by atoms with E-state index in [0.717, 1.165) is 17.8 Å². The van der Waals surface area contributed by atoms with Crippen molar-refractivity contribution in [2.75, 3.05) is 38.1 Å². The molecule has 1 heterocycles. The van der Waals surface area contributed by atoms with Gasteiger partial charge in [-0.3, -0.25) is 9.79 Å². The molecule has 7 nitrogen and oxygen atoms in total. The van der Waals surface area contributed by atoms with E-state index < -0.39 is 0 Å². The molecule has 1 aliphatic heterocycles. The third kappa shape index (κ3) is 7.57. The molecule has 1 unspecified atom stereocenters. The summed E-state index contributed by atoms with van der Waals surface area (Å²) >= 11 is 0. The number of aliphatic imine (C=N–C) groups is 1. The highest BCUT2D eigenvalue weighted by Gasteiger charge is 2.16. The number of hydrogen-bond donors (Lipinski definition) is 3. The Morgan fingerprint density at radius 2 is 1.97 bits per heavy atom. The van der Waals surface area contributed by atoms with Gasteiger partial charge >= 0.3 is 0 Å². The monoisotopic (exact) mass is 541 g/mol. The number of benzene rings is 2. The number of guanidine groups is 1. The average Bonchev–Trinajstić information content (AvgIpc) is 2.76. The van der Waals surface area contributed by atoms with Crippen LogP contribution in [0.15, 0.2) is 53.5 Å². The van der Waals surface area contributed by atoms with Crippen LogP contribution >= 0.6 is 24.0 Å². The van der Waals surface area contributed by atoms with Gasteiger partial charge in [0.05, 0.1) is 13.1 Å². The number of para-hydroxylation sites is 1. The molecule has 1 atom stereocenters. The second kappa shape index (κ2) is 12.3. The highest BCUT2D eigenvalue weighted by atomic mass is 127. The maximum atomic E-state index is 13.7. The van der Waals surface area contributed by atoms with Crippen LogP contribution in [-0.4, -0.2) is 51.2 Å². The molecular formula is C22H29FIN5O2. The SMILES string of the molecule is CN=C(NCc1ccc(N2CCNC(=O)C2)cc1)NCC(C)Oc1ccccc1F.I. The number of halogens is 2. The minimum Gasteiger partial charge on any atom is -0.486 e. The van der Waals surface area contributed by atoms with Crippen LogP contribution in [0.4, 0.5) is 10.1 Å². The molecule has 0 radical (unpaired) electrons. The van der Waals surface area contributed by atoms with Crippen LogP contribution in [0.5, 0.6) is 5.75 Å². The fourth-order valence-corrected chi connectivity index (χ4v) is 3.13. The van der Waals surface area contributed by atoms with Crippen molar-refractivity contribution in [2.45, 2.75) is 19.6 Å². The van der Waals surface area contributed by atoms with Crippen molar-refractivity contribution < 1.29 is 13.9 Å². The van der Waals surface area contributed by atoms with E-state index in [-0.39, 0.29) is 47.6 Å². The average molecular weight is 541 g/mol. The fraction of sp³-hybridized carbons (Fsp3) is 0.364. The van der Waals surface area contributed by atoms with E-state index in [1.807, 2.05) is 31.2 Å². The summed E-state index contributed by atoms with van der Waals surface area (Å²) in [5.41, 5.74) is 2.13. The van der Waals surface area contributed by atoms with Crippen molar-refractivity contribution in [3.05, 3.63) is 59.9 Å². The summed E-state index contributed by atoms with van der Waals surface area (Å²) in [6.07, 6.45) is -0.235. The van der Waals surface area contributed by atoms with Crippen molar-refractivity contribution >= 4 is 41.5 Å². The van der Waals surface area contributed by atoms with E-state index in [4.69, 9.17) is 4.74 Å². The third-order valence-electron chi connectivity index (χ3n) is 4.75. The molecule has 2 aromatic carbocycles. The summed E-state index contributed by atoms with van der Waals surface area (Å²) in [4.78, 5) is 17.8. The molecule has 3 rings (SSSR count). The zero-order valence-corrected chi connectivity index (χ0v) is 20.1. The highest BCUT2D eigenvalue weighted by molar-refractivity contribution is 14.0. The van der Waals surface area contributed by atoms with Crippen molar-refractivity contribution in [3.63, 3.8) is 0 Å². The first-order valence-corrected chi connectivity index (χ1v) is 10.0. The van der Waals surface area contributed by atoms with Gasteiger partial charge in [0.25, 0.3) is 0 Å². The molecule has 1 fully saturated rings. The van der Waals surface area contributed by atoms with Crippen molar-refractivity contribution in [2.24, 2.45) is 4.99 Å². The molecule has 9 heteroatoms. The fourth-order valence-electron chi connectivity index (χ4n) is 3.13. The summed E-state index contributed by atoms with van der Waals surface area (Å²) < 4.78 is 19.3. The van der Waals surface area contributed by atoms with Gasteiger partial charge in [-0.05, 0) is 36.8 Å². The zero-order chi connectivity index (χ0) is 21.3. The lowest BCUT2D eigenvalue weighted by molar-refractivity contribution is -0.120. The molecule has 0 bridgehead atoms. The Balaban J connectivity index is 0.00000341. The number of nitrogens with one attached hydrogen (secondary N) is 3. The topological polar surface area (TPSA) is 78.0 Å². The quantitative estimate of drug-likeness (QED) is 0.286. The smallest absolute Gasteiger partial charge is 0.239 e. The molecule has 1 saturated heterocycles. The molecule has 0 aromatic heterocycles. The van der Waals surface area contributed by atoms with E-state index in [9.17, 15) is 9.18 Å². The highest BCUT2D eigenvalue weighted by Crippen LogP contribution is 2.17. The van der Waals surface area contributed by atoms with Crippen LogP contribution in [0, 0.1) is 5.82 Å². The number of carbonyl (C=O) groups is 1. The number of anilines is 1. The van der Waals surface area contributed by atoms with Crippen molar-refractivity contribution in [1.82, 2.24) is 16.0 Å². The van der Waals surface area contributed by atoms with Crippen LogP contribution in [-0.2, 0) is 11.3 Å². The van der Waals surface area contributed by atoms with Gasteiger partial charge in [-0.1, -0.05) is 24.3 Å². The molecule has 0 saturated carbocycles. The lowest BCUT2D eigenvalue weighted by Crippen LogP contribution is -2.47.